The number of hydrogen-bond acceptors (Lipinski definition) is 3. The topological polar surface area (TPSA) is 29.5 Å². The van der Waals surface area contributed by atoms with Crippen LogP contribution in [0.25, 0.3) is 0 Å². The molecule has 3 nitrogen and oxygen atoms in total. The predicted molar refractivity (Wildman–Crippen MR) is 206 cm³/mol. The van der Waals surface area contributed by atoms with Gasteiger partial charge >= 0.3 is 5.97 Å². The number of carbonyl (C=O) groups is 1. The van der Waals surface area contributed by atoms with E-state index in [9.17, 15) is 4.79 Å². The Hall–Kier alpha value is -1.61. The summed E-state index contributed by atoms with van der Waals surface area (Å²) in [5.74, 6) is -0.0312. The first-order valence-electron chi connectivity index (χ1n) is 19.9. The molecule has 0 aliphatic carbocycles. The normalized spacial score (nSPS) is 13.7. The molecule has 0 aromatic carbocycles. The second kappa shape index (κ2) is 34.7. The fourth-order valence-electron chi connectivity index (χ4n) is 5.84. The standard InChI is InChI=1S/C43H79NO2/c1-6-8-10-12-14-16-18-20-22-24-26-28-30-32-34-36-39-43(3,46-42(45)38-41-44(4)5)40-37-35-33-31-29-27-25-23-21-19-17-15-13-11-9-7-2/h14-17,20-23H,6-13,18-19,24-41H2,1-5H3. The fraction of sp³-hybridized carbons (Fsp3) is 0.791. The first kappa shape index (κ1) is 44.4. The molecule has 0 atom stereocenters. The second-order valence-corrected chi connectivity index (χ2v) is 14.1. The number of unbranched alkanes of at least 4 members (excludes halogenated alkanes) is 18. The van der Waals surface area contributed by atoms with Gasteiger partial charge in [0.05, 0.1) is 6.42 Å². The Labute approximate surface area is 288 Å². The zero-order valence-electron chi connectivity index (χ0n) is 31.7. The third kappa shape index (κ3) is 33.7. The Morgan fingerprint density at radius 1 is 0.522 bits per heavy atom. The number of carbonyl (C=O) groups excluding carboxylic acids is 1. The minimum absolute atomic E-state index is 0.0312. The van der Waals surface area contributed by atoms with E-state index < -0.39 is 0 Å². The summed E-state index contributed by atoms with van der Waals surface area (Å²) in [6.07, 6.45) is 51.4. The summed E-state index contributed by atoms with van der Waals surface area (Å²) >= 11 is 0. The van der Waals surface area contributed by atoms with Crippen LogP contribution in [0, 0.1) is 0 Å². The summed E-state index contributed by atoms with van der Waals surface area (Å²) in [4.78, 5) is 14.7. The second-order valence-electron chi connectivity index (χ2n) is 14.1. The molecule has 46 heavy (non-hydrogen) atoms. The van der Waals surface area contributed by atoms with Gasteiger partial charge in [0.1, 0.15) is 5.60 Å². The maximum absolute atomic E-state index is 12.6. The van der Waals surface area contributed by atoms with Gasteiger partial charge in [-0.05, 0) is 111 Å². The molecule has 268 valence electrons. The summed E-state index contributed by atoms with van der Waals surface area (Å²) in [6.45, 7) is 7.47. The Balaban J connectivity index is 4.11. The summed E-state index contributed by atoms with van der Waals surface area (Å²) in [6, 6.07) is 0. The van der Waals surface area contributed by atoms with Crippen molar-refractivity contribution in [3.8, 4) is 0 Å². The van der Waals surface area contributed by atoms with Crippen LogP contribution in [-0.2, 0) is 9.53 Å². The molecule has 0 N–H and O–H groups in total. The molecule has 0 saturated carbocycles. The number of rotatable bonds is 34. The van der Waals surface area contributed by atoms with Crippen molar-refractivity contribution in [2.45, 2.75) is 200 Å². The van der Waals surface area contributed by atoms with E-state index in [2.05, 4.69) is 74.3 Å². The van der Waals surface area contributed by atoms with E-state index in [1.165, 1.54) is 128 Å². The first-order chi connectivity index (χ1) is 22.4. The van der Waals surface area contributed by atoms with Crippen molar-refractivity contribution in [1.82, 2.24) is 4.90 Å². The van der Waals surface area contributed by atoms with Gasteiger partial charge in [-0.3, -0.25) is 4.79 Å². The molecule has 0 heterocycles. The summed E-state index contributed by atoms with van der Waals surface area (Å²) in [5, 5.41) is 0. The molecule has 0 aliphatic heterocycles. The summed E-state index contributed by atoms with van der Waals surface area (Å²) in [5.41, 5.74) is -0.312. The lowest BCUT2D eigenvalue weighted by atomic mass is 9.91. The predicted octanol–water partition coefficient (Wildman–Crippen LogP) is 13.6. The van der Waals surface area contributed by atoms with Crippen LogP contribution >= 0.6 is 0 Å². The van der Waals surface area contributed by atoms with Crippen molar-refractivity contribution in [2.24, 2.45) is 0 Å². The maximum Gasteiger partial charge on any atom is 0.307 e. The van der Waals surface area contributed by atoms with Crippen LogP contribution < -0.4 is 0 Å². The SMILES string of the molecule is CCCCCC=CCC=CCCCCCCCCC(C)(CCCCCCCCC=CCC=CCCCCC)OC(=O)CCN(C)C. The molecule has 0 spiro atoms. The van der Waals surface area contributed by atoms with E-state index in [1.54, 1.807) is 0 Å². The molecule has 0 bridgehead atoms. The molecule has 0 rings (SSSR count). The fourth-order valence-corrected chi connectivity index (χ4v) is 5.84. The van der Waals surface area contributed by atoms with E-state index in [1.807, 2.05) is 14.1 Å². The highest BCUT2D eigenvalue weighted by Crippen LogP contribution is 2.28. The molecule has 0 unspecified atom stereocenters. The highest BCUT2D eigenvalue weighted by Gasteiger charge is 2.27. The van der Waals surface area contributed by atoms with Gasteiger partial charge < -0.3 is 9.64 Å². The Kier molecular flexibility index (Phi) is 33.5. The van der Waals surface area contributed by atoms with Crippen molar-refractivity contribution < 1.29 is 9.53 Å². The highest BCUT2D eigenvalue weighted by atomic mass is 16.6. The number of ether oxygens (including phenoxy) is 1. The van der Waals surface area contributed by atoms with Gasteiger partial charge in [0, 0.05) is 6.54 Å². The molecule has 0 aliphatic rings. The van der Waals surface area contributed by atoms with Crippen LogP contribution in [0.5, 0.6) is 0 Å². The van der Waals surface area contributed by atoms with E-state index in [4.69, 9.17) is 4.74 Å². The molecule has 0 saturated heterocycles. The largest absolute Gasteiger partial charge is 0.459 e. The number of allylic oxidation sites excluding steroid dienone is 8. The zero-order valence-corrected chi connectivity index (χ0v) is 31.7. The van der Waals surface area contributed by atoms with Gasteiger partial charge in [-0.15, -0.1) is 0 Å². The van der Waals surface area contributed by atoms with Crippen LogP contribution in [0.2, 0.25) is 0 Å². The van der Waals surface area contributed by atoms with Crippen molar-refractivity contribution in [3.05, 3.63) is 48.6 Å². The lowest BCUT2D eigenvalue weighted by Crippen LogP contribution is -2.33. The van der Waals surface area contributed by atoms with Crippen LogP contribution in [0.4, 0.5) is 0 Å². The third-order valence-electron chi connectivity index (χ3n) is 8.94. The van der Waals surface area contributed by atoms with Crippen LogP contribution in [0.15, 0.2) is 48.6 Å². The van der Waals surface area contributed by atoms with Crippen molar-refractivity contribution in [1.29, 1.82) is 0 Å². The van der Waals surface area contributed by atoms with E-state index in [0.29, 0.717) is 6.42 Å². The molecule has 0 fully saturated rings. The molecular weight excluding hydrogens is 562 g/mol. The van der Waals surface area contributed by atoms with Gasteiger partial charge in [-0.1, -0.05) is 140 Å². The van der Waals surface area contributed by atoms with Crippen LogP contribution in [0.3, 0.4) is 0 Å². The molecule has 0 amide bonds. The third-order valence-corrected chi connectivity index (χ3v) is 8.94. The molecule has 0 aromatic heterocycles. The lowest BCUT2D eigenvalue weighted by Gasteiger charge is -2.30. The van der Waals surface area contributed by atoms with Crippen molar-refractivity contribution in [2.75, 3.05) is 20.6 Å². The first-order valence-corrected chi connectivity index (χ1v) is 19.9. The maximum atomic E-state index is 12.6. The Morgan fingerprint density at radius 2 is 0.870 bits per heavy atom. The number of nitrogens with zero attached hydrogens (tertiary/aromatic N) is 1. The quantitative estimate of drug-likeness (QED) is 0.0398. The highest BCUT2D eigenvalue weighted by molar-refractivity contribution is 5.70. The van der Waals surface area contributed by atoms with Crippen LogP contribution in [-0.4, -0.2) is 37.1 Å². The minimum atomic E-state index is -0.312. The van der Waals surface area contributed by atoms with Crippen LogP contribution in [0.1, 0.15) is 194 Å². The molecular formula is C43H79NO2. The van der Waals surface area contributed by atoms with E-state index in [-0.39, 0.29) is 11.6 Å². The van der Waals surface area contributed by atoms with Gasteiger partial charge in [-0.2, -0.15) is 0 Å². The number of hydrogen-bond donors (Lipinski definition) is 0. The summed E-state index contributed by atoms with van der Waals surface area (Å²) < 4.78 is 6.15. The Morgan fingerprint density at radius 3 is 1.24 bits per heavy atom. The van der Waals surface area contributed by atoms with E-state index in [0.717, 1.165) is 45.1 Å². The average Bonchev–Trinajstić information content (AvgIpc) is 3.03. The van der Waals surface area contributed by atoms with Gasteiger partial charge in [0.15, 0.2) is 0 Å². The van der Waals surface area contributed by atoms with Gasteiger partial charge in [-0.25, -0.2) is 0 Å². The van der Waals surface area contributed by atoms with Crippen molar-refractivity contribution >= 4 is 5.97 Å². The van der Waals surface area contributed by atoms with Gasteiger partial charge in [0.25, 0.3) is 0 Å². The molecule has 0 radical (unpaired) electrons. The smallest absolute Gasteiger partial charge is 0.307 e. The Bertz CT molecular complexity index is 715. The molecule has 3 heteroatoms. The number of esters is 1. The minimum Gasteiger partial charge on any atom is -0.459 e. The summed E-state index contributed by atoms with van der Waals surface area (Å²) in [7, 11) is 4.03. The zero-order chi connectivity index (χ0) is 33.8. The van der Waals surface area contributed by atoms with Crippen molar-refractivity contribution in [3.63, 3.8) is 0 Å². The van der Waals surface area contributed by atoms with Gasteiger partial charge in [0.2, 0.25) is 0 Å². The monoisotopic (exact) mass is 642 g/mol. The van der Waals surface area contributed by atoms with E-state index >= 15 is 0 Å². The molecule has 0 aromatic rings. The lowest BCUT2D eigenvalue weighted by molar-refractivity contribution is -0.160. The average molecular weight is 642 g/mol.